The standard InChI is InChI=1S/C16H25ClN2/c1-14-5-2-3-11-19(14)12-4-10-18-13-15-6-8-16(17)9-7-15/h6-9,14,18H,2-5,10-13H2,1H3/t14-/m1/s1. The number of hydrogen-bond acceptors (Lipinski definition) is 2. The largest absolute Gasteiger partial charge is 0.313 e. The lowest BCUT2D eigenvalue weighted by Gasteiger charge is -2.33. The molecule has 1 aliphatic rings. The van der Waals surface area contributed by atoms with Crippen LogP contribution in [0.4, 0.5) is 0 Å². The van der Waals surface area contributed by atoms with Gasteiger partial charge < -0.3 is 10.2 Å². The van der Waals surface area contributed by atoms with Gasteiger partial charge in [0.15, 0.2) is 0 Å². The first-order chi connectivity index (χ1) is 9.25. The Morgan fingerprint density at radius 1 is 1.26 bits per heavy atom. The number of rotatable bonds is 6. The lowest BCUT2D eigenvalue weighted by atomic mass is 10.0. The topological polar surface area (TPSA) is 15.3 Å². The third-order valence-corrected chi connectivity index (χ3v) is 4.23. The molecule has 1 aliphatic heterocycles. The molecule has 2 rings (SSSR count). The summed E-state index contributed by atoms with van der Waals surface area (Å²) in [5.74, 6) is 0. The number of nitrogens with zero attached hydrogens (tertiary/aromatic N) is 1. The summed E-state index contributed by atoms with van der Waals surface area (Å²) in [5.41, 5.74) is 1.30. The zero-order valence-corrected chi connectivity index (χ0v) is 12.6. The Labute approximate surface area is 122 Å². The van der Waals surface area contributed by atoms with Crippen LogP contribution in [0.2, 0.25) is 5.02 Å². The van der Waals surface area contributed by atoms with E-state index in [1.165, 1.54) is 44.3 Å². The second-order valence-electron chi connectivity index (χ2n) is 5.54. The Hall–Kier alpha value is -0.570. The summed E-state index contributed by atoms with van der Waals surface area (Å²) in [6.07, 6.45) is 5.39. The van der Waals surface area contributed by atoms with Gasteiger partial charge in [-0.05, 0) is 63.5 Å². The van der Waals surface area contributed by atoms with E-state index in [1.54, 1.807) is 0 Å². The normalized spacial score (nSPS) is 20.6. The highest BCUT2D eigenvalue weighted by Gasteiger charge is 2.16. The van der Waals surface area contributed by atoms with Gasteiger partial charge in [-0.2, -0.15) is 0 Å². The minimum Gasteiger partial charge on any atom is -0.313 e. The molecular formula is C16H25ClN2. The van der Waals surface area contributed by atoms with E-state index in [1.807, 2.05) is 12.1 Å². The fourth-order valence-electron chi connectivity index (χ4n) is 2.73. The Kier molecular flexibility index (Phi) is 6.15. The average Bonchev–Trinajstić information content (AvgIpc) is 2.42. The first-order valence-electron chi connectivity index (χ1n) is 7.45. The van der Waals surface area contributed by atoms with Crippen molar-refractivity contribution in [1.82, 2.24) is 10.2 Å². The molecule has 3 heteroatoms. The predicted octanol–water partition coefficient (Wildman–Crippen LogP) is 3.69. The van der Waals surface area contributed by atoms with Gasteiger partial charge in [0.1, 0.15) is 0 Å². The quantitative estimate of drug-likeness (QED) is 0.800. The van der Waals surface area contributed by atoms with Crippen molar-refractivity contribution in [3.8, 4) is 0 Å². The van der Waals surface area contributed by atoms with Crippen LogP contribution in [0.15, 0.2) is 24.3 Å². The van der Waals surface area contributed by atoms with Crippen LogP contribution in [0.3, 0.4) is 0 Å². The number of likely N-dealkylation sites (tertiary alicyclic amines) is 1. The first kappa shape index (κ1) is 14.8. The fraction of sp³-hybridized carbons (Fsp3) is 0.625. The Bertz CT molecular complexity index is 364. The average molecular weight is 281 g/mol. The highest BCUT2D eigenvalue weighted by Crippen LogP contribution is 2.16. The van der Waals surface area contributed by atoms with Gasteiger partial charge in [-0.1, -0.05) is 30.2 Å². The van der Waals surface area contributed by atoms with Crippen LogP contribution in [0, 0.1) is 0 Å². The van der Waals surface area contributed by atoms with Crippen molar-refractivity contribution in [3.63, 3.8) is 0 Å². The van der Waals surface area contributed by atoms with E-state index in [0.717, 1.165) is 24.2 Å². The van der Waals surface area contributed by atoms with Crippen molar-refractivity contribution >= 4 is 11.6 Å². The summed E-state index contributed by atoms with van der Waals surface area (Å²) in [5, 5.41) is 4.31. The van der Waals surface area contributed by atoms with Crippen LogP contribution in [-0.4, -0.2) is 30.6 Å². The van der Waals surface area contributed by atoms with Crippen LogP contribution in [0.5, 0.6) is 0 Å². The summed E-state index contributed by atoms with van der Waals surface area (Å²) >= 11 is 5.87. The number of benzene rings is 1. The molecule has 0 radical (unpaired) electrons. The molecule has 0 unspecified atom stereocenters. The Morgan fingerprint density at radius 2 is 2.05 bits per heavy atom. The molecule has 2 nitrogen and oxygen atoms in total. The molecular weight excluding hydrogens is 256 g/mol. The maximum Gasteiger partial charge on any atom is 0.0406 e. The number of nitrogens with one attached hydrogen (secondary N) is 1. The molecule has 0 spiro atoms. The Morgan fingerprint density at radius 3 is 2.79 bits per heavy atom. The van der Waals surface area contributed by atoms with Crippen LogP contribution in [0.25, 0.3) is 0 Å². The van der Waals surface area contributed by atoms with Crippen molar-refractivity contribution in [2.75, 3.05) is 19.6 Å². The van der Waals surface area contributed by atoms with Crippen LogP contribution < -0.4 is 5.32 Å². The SMILES string of the molecule is C[C@@H]1CCCCN1CCCNCc1ccc(Cl)cc1. The van der Waals surface area contributed by atoms with Crippen molar-refractivity contribution < 1.29 is 0 Å². The molecule has 0 saturated carbocycles. The minimum atomic E-state index is 0.782. The smallest absolute Gasteiger partial charge is 0.0406 e. The molecule has 106 valence electrons. The molecule has 1 fully saturated rings. The number of halogens is 1. The van der Waals surface area contributed by atoms with E-state index in [9.17, 15) is 0 Å². The van der Waals surface area contributed by atoms with Gasteiger partial charge in [0.2, 0.25) is 0 Å². The summed E-state index contributed by atoms with van der Waals surface area (Å²) in [6, 6.07) is 8.86. The summed E-state index contributed by atoms with van der Waals surface area (Å²) < 4.78 is 0. The third-order valence-electron chi connectivity index (χ3n) is 3.98. The van der Waals surface area contributed by atoms with E-state index >= 15 is 0 Å². The second kappa shape index (κ2) is 7.88. The van der Waals surface area contributed by atoms with Gasteiger partial charge in [-0.15, -0.1) is 0 Å². The third kappa shape index (κ3) is 5.13. The molecule has 0 amide bonds. The summed E-state index contributed by atoms with van der Waals surface area (Å²) in [7, 11) is 0. The number of piperidine rings is 1. The molecule has 1 N–H and O–H groups in total. The highest BCUT2D eigenvalue weighted by molar-refractivity contribution is 6.30. The highest BCUT2D eigenvalue weighted by atomic mass is 35.5. The zero-order chi connectivity index (χ0) is 13.5. The molecule has 0 aliphatic carbocycles. The first-order valence-corrected chi connectivity index (χ1v) is 7.83. The van der Waals surface area contributed by atoms with Gasteiger partial charge in [0.25, 0.3) is 0 Å². The van der Waals surface area contributed by atoms with Gasteiger partial charge in [0, 0.05) is 17.6 Å². The maximum absolute atomic E-state index is 5.87. The molecule has 1 aromatic rings. The van der Waals surface area contributed by atoms with E-state index < -0.39 is 0 Å². The zero-order valence-electron chi connectivity index (χ0n) is 11.9. The van der Waals surface area contributed by atoms with Gasteiger partial charge >= 0.3 is 0 Å². The van der Waals surface area contributed by atoms with E-state index in [4.69, 9.17) is 11.6 Å². The molecule has 19 heavy (non-hydrogen) atoms. The van der Waals surface area contributed by atoms with Gasteiger partial charge in [0.05, 0.1) is 0 Å². The van der Waals surface area contributed by atoms with E-state index in [2.05, 4.69) is 29.3 Å². The molecule has 1 saturated heterocycles. The van der Waals surface area contributed by atoms with E-state index in [0.29, 0.717) is 0 Å². The molecule has 1 aromatic carbocycles. The van der Waals surface area contributed by atoms with Crippen LogP contribution in [0.1, 0.15) is 38.2 Å². The molecule has 0 aromatic heterocycles. The number of hydrogen-bond donors (Lipinski definition) is 1. The van der Waals surface area contributed by atoms with E-state index in [-0.39, 0.29) is 0 Å². The molecule has 0 bridgehead atoms. The van der Waals surface area contributed by atoms with Gasteiger partial charge in [-0.3, -0.25) is 0 Å². The lowest BCUT2D eigenvalue weighted by Crippen LogP contribution is -2.38. The van der Waals surface area contributed by atoms with Crippen molar-refractivity contribution in [2.45, 2.75) is 45.2 Å². The lowest BCUT2D eigenvalue weighted by molar-refractivity contribution is 0.159. The fourth-order valence-corrected chi connectivity index (χ4v) is 2.86. The monoisotopic (exact) mass is 280 g/mol. The molecule has 1 atom stereocenters. The summed E-state index contributed by atoms with van der Waals surface area (Å²) in [6.45, 7) is 6.91. The molecule has 1 heterocycles. The van der Waals surface area contributed by atoms with Crippen LogP contribution in [-0.2, 0) is 6.54 Å². The minimum absolute atomic E-state index is 0.782. The van der Waals surface area contributed by atoms with Crippen LogP contribution >= 0.6 is 11.6 Å². The Balaban J connectivity index is 1.58. The van der Waals surface area contributed by atoms with Crippen molar-refractivity contribution in [1.29, 1.82) is 0 Å². The van der Waals surface area contributed by atoms with Crippen molar-refractivity contribution in [2.24, 2.45) is 0 Å². The summed E-state index contributed by atoms with van der Waals surface area (Å²) in [4.78, 5) is 2.63. The predicted molar refractivity (Wildman–Crippen MR) is 82.7 cm³/mol. The second-order valence-corrected chi connectivity index (χ2v) is 5.97. The van der Waals surface area contributed by atoms with Gasteiger partial charge in [-0.25, -0.2) is 0 Å². The maximum atomic E-state index is 5.87. The van der Waals surface area contributed by atoms with Crippen molar-refractivity contribution in [3.05, 3.63) is 34.9 Å².